The normalized spacial score (nSPS) is 10.3. The van der Waals surface area contributed by atoms with Crippen LogP contribution in [0.1, 0.15) is 10.6 Å². The zero-order chi connectivity index (χ0) is 16.7. The topological polar surface area (TPSA) is 68.5 Å². The van der Waals surface area contributed by atoms with Crippen LogP contribution in [0.4, 0.5) is 4.39 Å². The van der Waals surface area contributed by atoms with Crippen molar-refractivity contribution in [2.75, 3.05) is 18.9 Å². The largest absolute Gasteiger partial charge is 0.463 e. The third kappa shape index (κ3) is 5.72. The molecule has 1 aromatic heterocycles. The van der Waals surface area contributed by atoms with Crippen LogP contribution in [0.5, 0.6) is 0 Å². The quantitative estimate of drug-likeness (QED) is 0.438. The maximum atomic E-state index is 13.4. The first-order chi connectivity index (χ1) is 11.1. The molecule has 0 saturated heterocycles. The van der Waals surface area contributed by atoms with Gasteiger partial charge in [0.15, 0.2) is 10.4 Å². The number of hydrogen-bond acceptors (Lipinski definition) is 5. The van der Waals surface area contributed by atoms with Gasteiger partial charge in [-0.25, -0.2) is 4.39 Å². The van der Waals surface area contributed by atoms with Gasteiger partial charge in [0.2, 0.25) is 0 Å². The van der Waals surface area contributed by atoms with Crippen molar-refractivity contribution in [3.05, 3.63) is 52.6 Å². The SMILES string of the molecule is O=C(CNC(=O)c1ccc(Br)o1)OCCSc1ccccc1F. The molecule has 8 heteroatoms. The summed E-state index contributed by atoms with van der Waals surface area (Å²) in [6.45, 7) is -0.137. The van der Waals surface area contributed by atoms with Gasteiger partial charge in [-0.1, -0.05) is 12.1 Å². The van der Waals surface area contributed by atoms with Crippen LogP contribution in [0, 0.1) is 5.82 Å². The fraction of sp³-hybridized carbons (Fsp3) is 0.200. The highest BCUT2D eigenvalue weighted by Gasteiger charge is 2.12. The minimum Gasteiger partial charge on any atom is -0.463 e. The predicted molar refractivity (Wildman–Crippen MR) is 86.8 cm³/mol. The van der Waals surface area contributed by atoms with Gasteiger partial charge in [0.1, 0.15) is 19.0 Å². The first-order valence-electron chi connectivity index (χ1n) is 6.63. The Morgan fingerprint density at radius 3 is 2.74 bits per heavy atom. The molecule has 1 heterocycles. The maximum Gasteiger partial charge on any atom is 0.325 e. The minimum atomic E-state index is -0.571. The lowest BCUT2D eigenvalue weighted by molar-refractivity contribution is -0.141. The van der Waals surface area contributed by atoms with Crippen molar-refractivity contribution >= 4 is 39.6 Å². The van der Waals surface area contributed by atoms with E-state index in [0.29, 0.717) is 15.3 Å². The molecule has 2 aromatic rings. The zero-order valence-electron chi connectivity index (χ0n) is 11.9. The van der Waals surface area contributed by atoms with Crippen LogP contribution in [-0.2, 0) is 9.53 Å². The van der Waals surface area contributed by atoms with Crippen molar-refractivity contribution in [2.45, 2.75) is 4.90 Å². The van der Waals surface area contributed by atoms with E-state index in [0.717, 1.165) is 0 Å². The third-order valence-electron chi connectivity index (χ3n) is 2.63. The highest BCUT2D eigenvalue weighted by Crippen LogP contribution is 2.20. The van der Waals surface area contributed by atoms with Crippen molar-refractivity contribution < 1.29 is 23.1 Å². The molecule has 0 saturated carbocycles. The molecular formula is C15H13BrFNO4S. The van der Waals surface area contributed by atoms with Crippen LogP contribution in [-0.4, -0.2) is 30.8 Å². The van der Waals surface area contributed by atoms with Crippen LogP contribution < -0.4 is 5.32 Å². The van der Waals surface area contributed by atoms with E-state index in [1.54, 1.807) is 24.3 Å². The van der Waals surface area contributed by atoms with Crippen molar-refractivity contribution in [3.63, 3.8) is 0 Å². The lowest BCUT2D eigenvalue weighted by Gasteiger charge is -2.06. The van der Waals surface area contributed by atoms with E-state index in [1.807, 2.05) is 0 Å². The number of ether oxygens (including phenoxy) is 1. The minimum absolute atomic E-state index is 0.0970. The summed E-state index contributed by atoms with van der Waals surface area (Å²) >= 11 is 4.33. The molecule has 0 aliphatic heterocycles. The molecule has 0 atom stereocenters. The number of carbonyl (C=O) groups excluding carboxylic acids is 2. The maximum absolute atomic E-state index is 13.4. The molecular weight excluding hydrogens is 389 g/mol. The number of nitrogens with one attached hydrogen (secondary N) is 1. The Morgan fingerprint density at radius 1 is 1.26 bits per heavy atom. The van der Waals surface area contributed by atoms with E-state index >= 15 is 0 Å². The monoisotopic (exact) mass is 401 g/mol. The Balaban J connectivity index is 1.64. The molecule has 0 aliphatic rings. The molecule has 0 spiro atoms. The van der Waals surface area contributed by atoms with Crippen LogP contribution >= 0.6 is 27.7 Å². The molecule has 122 valence electrons. The number of carbonyl (C=O) groups is 2. The molecule has 2 rings (SSSR count). The number of esters is 1. The lowest BCUT2D eigenvalue weighted by Crippen LogP contribution is -2.30. The Hall–Kier alpha value is -1.80. The van der Waals surface area contributed by atoms with Gasteiger partial charge in [-0.2, -0.15) is 0 Å². The summed E-state index contributed by atoms with van der Waals surface area (Å²) in [7, 11) is 0. The molecule has 0 fully saturated rings. The van der Waals surface area contributed by atoms with Gasteiger partial charge in [-0.05, 0) is 40.2 Å². The summed E-state index contributed by atoms with van der Waals surface area (Å²) in [5.74, 6) is -0.863. The summed E-state index contributed by atoms with van der Waals surface area (Å²) in [5, 5.41) is 2.38. The van der Waals surface area contributed by atoms with Crippen molar-refractivity contribution in [1.29, 1.82) is 0 Å². The second kappa shape index (κ2) is 8.73. The lowest BCUT2D eigenvalue weighted by atomic mass is 10.3. The van der Waals surface area contributed by atoms with Crippen molar-refractivity contribution in [2.24, 2.45) is 0 Å². The van der Waals surface area contributed by atoms with E-state index in [4.69, 9.17) is 9.15 Å². The first kappa shape index (κ1) is 17.6. The average Bonchev–Trinajstić information content (AvgIpc) is 2.97. The molecule has 0 unspecified atom stereocenters. The smallest absolute Gasteiger partial charge is 0.325 e. The number of halogens is 2. The van der Waals surface area contributed by atoms with E-state index in [1.165, 1.54) is 23.9 Å². The van der Waals surface area contributed by atoms with E-state index in [-0.39, 0.29) is 24.7 Å². The Labute approximate surface area is 144 Å². The van der Waals surface area contributed by atoms with Crippen LogP contribution in [0.15, 0.2) is 50.4 Å². The van der Waals surface area contributed by atoms with Gasteiger partial charge in [0.05, 0.1) is 0 Å². The van der Waals surface area contributed by atoms with Crippen LogP contribution in [0.3, 0.4) is 0 Å². The number of rotatable bonds is 7. The summed E-state index contributed by atoms with van der Waals surface area (Å²) in [4.78, 5) is 23.6. The second-order valence-corrected chi connectivity index (χ2v) is 6.20. The van der Waals surface area contributed by atoms with E-state index in [2.05, 4.69) is 21.2 Å². The molecule has 1 N–H and O–H groups in total. The van der Waals surface area contributed by atoms with Crippen LogP contribution in [0.2, 0.25) is 0 Å². The fourth-order valence-electron chi connectivity index (χ4n) is 1.60. The van der Waals surface area contributed by atoms with E-state index < -0.39 is 11.9 Å². The van der Waals surface area contributed by atoms with Gasteiger partial charge in [0, 0.05) is 10.6 Å². The zero-order valence-corrected chi connectivity index (χ0v) is 14.3. The summed E-state index contributed by atoms with van der Waals surface area (Å²) in [6, 6.07) is 9.43. The second-order valence-electron chi connectivity index (χ2n) is 4.29. The highest BCUT2D eigenvalue weighted by atomic mass is 79.9. The Kier molecular flexibility index (Phi) is 6.66. The molecule has 23 heavy (non-hydrogen) atoms. The standard InChI is InChI=1S/C15H13BrFNO4S/c16-13-6-5-11(22-13)15(20)18-9-14(19)21-7-8-23-12-4-2-1-3-10(12)17/h1-6H,7-9H2,(H,18,20). The summed E-state index contributed by atoms with van der Waals surface area (Å²) in [6.07, 6.45) is 0. The molecule has 0 bridgehead atoms. The van der Waals surface area contributed by atoms with Gasteiger partial charge in [0.25, 0.3) is 5.91 Å². The highest BCUT2D eigenvalue weighted by molar-refractivity contribution is 9.10. The van der Waals surface area contributed by atoms with Crippen molar-refractivity contribution in [3.8, 4) is 0 Å². The van der Waals surface area contributed by atoms with E-state index in [9.17, 15) is 14.0 Å². The predicted octanol–water partition coefficient (Wildman–Crippen LogP) is 3.25. The molecule has 5 nitrogen and oxygen atoms in total. The van der Waals surface area contributed by atoms with Gasteiger partial charge in [-0.3, -0.25) is 9.59 Å². The molecule has 1 aromatic carbocycles. The molecule has 0 aliphatic carbocycles. The number of furan rings is 1. The fourth-order valence-corrected chi connectivity index (χ4v) is 2.67. The average molecular weight is 402 g/mol. The summed E-state index contributed by atoms with van der Waals surface area (Å²) in [5.41, 5.74) is 0. The third-order valence-corrected chi connectivity index (χ3v) is 4.07. The Morgan fingerprint density at radius 2 is 2.04 bits per heavy atom. The van der Waals surface area contributed by atoms with Gasteiger partial charge in [-0.15, -0.1) is 11.8 Å². The van der Waals surface area contributed by atoms with Crippen molar-refractivity contribution in [1.82, 2.24) is 5.32 Å². The summed E-state index contributed by atoms with van der Waals surface area (Å²) < 4.78 is 23.8. The van der Waals surface area contributed by atoms with Crippen LogP contribution in [0.25, 0.3) is 0 Å². The number of benzene rings is 1. The first-order valence-corrected chi connectivity index (χ1v) is 8.40. The number of amides is 1. The number of thioether (sulfide) groups is 1. The molecule has 1 amide bonds. The molecule has 0 radical (unpaired) electrons. The van der Waals surface area contributed by atoms with Gasteiger partial charge >= 0.3 is 5.97 Å². The Bertz CT molecular complexity index is 692. The van der Waals surface area contributed by atoms with Gasteiger partial charge < -0.3 is 14.5 Å². The number of hydrogen-bond donors (Lipinski definition) is 1.